The molecular weight excluding hydrogens is 422 g/mol. The number of carbonyl (C=O) groups is 2. The Hall–Kier alpha value is -4.39. The summed E-state index contributed by atoms with van der Waals surface area (Å²) in [5.74, 6) is 0.485. The highest BCUT2D eigenvalue weighted by Crippen LogP contribution is 2.30. The fraction of sp³-hybridized carbons (Fsp3) is 0.115. The van der Waals surface area contributed by atoms with E-state index < -0.39 is 18.4 Å². The Morgan fingerprint density at radius 1 is 0.788 bits per heavy atom. The lowest BCUT2D eigenvalue weighted by Crippen LogP contribution is -2.14. The van der Waals surface area contributed by atoms with E-state index in [1.165, 1.54) is 7.11 Å². The van der Waals surface area contributed by atoms with E-state index in [-0.39, 0.29) is 11.7 Å². The number of rotatable bonds is 8. The van der Waals surface area contributed by atoms with Crippen LogP contribution < -0.4 is 9.47 Å². The summed E-state index contributed by atoms with van der Waals surface area (Å²) in [5.41, 5.74) is 2.09. The van der Waals surface area contributed by atoms with Gasteiger partial charge >= 0.3 is 5.97 Å². The number of carbonyl (C=O) groups excluding carboxylic acids is 2. The molecule has 7 heteroatoms. The van der Waals surface area contributed by atoms with E-state index in [1.807, 2.05) is 30.3 Å². The van der Waals surface area contributed by atoms with Crippen LogP contribution in [0.2, 0.25) is 0 Å². The standard InChI is InChI=1S/C26H21NO6/c1-30-20-12-8-18(9-13-20)25-27-23(17-6-4-3-5-7-17)24(33-25)22(28)16-32-26(29)19-10-14-21(31-2)15-11-19/h3-15H,16H2,1-2H3. The first-order valence-electron chi connectivity index (χ1n) is 10.1. The smallest absolute Gasteiger partial charge is 0.338 e. The molecule has 3 aromatic carbocycles. The van der Waals surface area contributed by atoms with E-state index >= 15 is 0 Å². The molecule has 0 saturated carbocycles. The summed E-state index contributed by atoms with van der Waals surface area (Å²) in [6.07, 6.45) is 0. The van der Waals surface area contributed by atoms with Crippen LogP contribution in [-0.2, 0) is 4.74 Å². The summed E-state index contributed by atoms with van der Waals surface area (Å²) in [5, 5.41) is 0. The largest absolute Gasteiger partial charge is 0.497 e. The van der Waals surface area contributed by atoms with Crippen molar-refractivity contribution < 1.29 is 28.2 Å². The Bertz CT molecular complexity index is 1240. The van der Waals surface area contributed by atoms with Crippen molar-refractivity contribution in [2.24, 2.45) is 0 Å². The highest BCUT2D eigenvalue weighted by atomic mass is 16.5. The Labute approximate surface area is 190 Å². The van der Waals surface area contributed by atoms with Gasteiger partial charge in [-0.15, -0.1) is 0 Å². The third-order valence-corrected chi connectivity index (χ3v) is 4.92. The lowest BCUT2D eigenvalue weighted by atomic mass is 10.1. The summed E-state index contributed by atoms with van der Waals surface area (Å²) < 4.78 is 21.3. The first-order valence-corrected chi connectivity index (χ1v) is 10.1. The van der Waals surface area contributed by atoms with Gasteiger partial charge in [-0.25, -0.2) is 9.78 Å². The van der Waals surface area contributed by atoms with Gasteiger partial charge < -0.3 is 18.6 Å². The number of ketones is 1. The molecule has 0 aliphatic heterocycles. The van der Waals surface area contributed by atoms with E-state index in [1.54, 1.807) is 55.6 Å². The van der Waals surface area contributed by atoms with E-state index in [0.717, 1.165) is 0 Å². The average Bonchev–Trinajstić information content (AvgIpc) is 3.33. The molecule has 0 atom stereocenters. The summed E-state index contributed by atoms with van der Waals surface area (Å²) in [4.78, 5) is 29.9. The topological polar surface area (TPSA) is 87.9 Å². The number of nitrogens with zero attached hydrogens (tertiary/aromatic N) is 1. The van der Waals surface area contributed by atoms with Gasteiger partial charge in [0.15, 0.2) is 6.61 Å². The number of hydrogen-bond donors (Lipinski definition) is 0. The second-order valence-electron chi connectivity index (χ2n) is 7.02. The van der Waals surface area contributed by atoms with Gasteiger partial charge in [0, 0.05) is 11.1 Å². The lowest BCUT2D eigenvalue weighted by Gasteiger charge is -2.05. The van der Waals surface area contributed by atoms with Gasteiger partial charge in [0.2, 0.25) is 17.4 Å². The number of hydrogen-bond acceptors (Lipinski definition) is 7. The Balaban J connectivity index is 1.58. The van der Waals surface area contributed by atoms with E-state index in [9.17, 15) is 9.59 Å². The molecule has 1 aromatic heterocycles. The predicted molar refractivity (Wildman–Crippen MR) is 122 cm³/mol. The summed E-state index contributed by atoms with van der Waals surface area (Å²) in [7, 11) is 3.12. The zero-order valence-corrected chi connectivity index (χ0v) is 18.1. The summed E-state index contributed by atoms with van der Waals surface area (Å²) >= 11 is 0. The lowest BCUT2D eigenvalue weighted by molar-refractivity contribution is 0.0468. The quantitative estimate of drug-likeness (QED) is 0.278. The van der Waals surface area contributed by atoms with Crippen LogP contribution in [0.15, 0.2) is 83.3 Å². The Kier molecular flexibility index (Phi) is 6.50. The zero-order valence-electron chi connectivity index (χ0n) is 18.1. The monoisotopic (exact) mass is 443 g/mol. The van der Waals surface area contributed by atoms with Crippen molar-refractivity contribution >= 4 is 11.8 Å². The predicted octanol–water partition coefficient (Wildman–Crippen LogP) is 5.07. The van der Waals surface area contributed by atoms with Crippen molar-refractivity contribution in [3.05, 3.63) is 90.2 Å². The van der Waals surface area contributed by atoms with Crippen LogP contribution in [0.4, 0.5) is 0 Å². The second kappa shape index (κ2) is 9.82. The number of esters is 1. The van der Waals surface area contributed by atoms with Gasteiger partial charge in [0.1, 0.15) is 17.2 Å². The molecule has 0 radical (unpaired) electrons. The van der Waals surface area contributed by atoms with Crippen LogP contribution in [-0.4, -0.2) is 37.6 Å². The van der Waals surface area contributed by atoms with Gasteiger partial charge in [-0.3, -0.25) is 4.79 Å². The van der Waals surface area contributed by atoms with Crippen molar-refractivity contribution in [3.8, 4) is 34.2 Å². The average molecular weight is 443 g/mol. The van der Waals surface area contributed by atoms with E-state index in [4.69, 9.17) is 18.6 Å². The van der Waals surface area contributed by atoms with Gasteiger partial charge in [-0.05, 0) is 48.5 Å². The molecule has 0 unspecified atom stereocenters. The minimum Gasteiger partial charge on any atom is -0.497 e. The van der Waals surface area contributed by atoms with Gasteiger partial charge in [-0.2, -0.15) is 0 Å². The molecule has 33 heavy (non-hydrogen) atoms. The van der Waals surface area contributed by atoms with Crippen molar-refractivity contribution in [2.45, 2.75) is 0 Å². The Morgan fingerprint density at radius 2 is 1.39 bits per heavy atom. The molecule has 0 aliphatic carbocycles. The molecule has 7 nitrogen and oxygen atoms in total. The molecule has 0 aliphatic rings. The van der Waals surface area contributed by atoms with Crippen molar-refractivity contribution in [3.63, 3.8) is 0 Å². The first kappa shape index (κ1) is 21.8. The summed E-state index contributed by atoms with van der Waals surface area (Å²) in [6, 6.07) is 22.8. The maximum atomic E-state index is 13.0. The maximum Gasteiger partial charge on any atom is 0.338 e. The fourth-order valence-corrected chi connectivity index (χ4v) is 3.16. The fourth-order valence-electron chi connectivity index (χ4n) is 3.16. The van der Waals surface area contributed by atoms with Crippen LogP contribution in [0.1, 0.15) is 20.9 Å². The van der Waals surface area contributed by atoms with Gasteiger partial charge in [0.25, 0.3) is 0 Å². The van der Waals surface area contributed by atoms with Gasteiger partial charge in [-0.1, -0.05) is 30.3 Å². The number of aromatic nitrogens is 1. The van der Waals surface area contributed by atoms with Crippen LogP contribution in [0.3, 0.4) is 0 Å². The van der Waals surface area contributed by atoms with Crippen LogP contribution >= 0.6 is 0 Å². The van der Waals surface area contributed by atoms with Crippen molar-refractivity contribution in [2.75, 3.05) is 20.8 Å². The SMILES string of the molecule is COc1ccc(C(=O)OCC(=O)c2oc(-c3ccc(OC)cc3)nc2-c2ccccc2)cc1. The maximum absolute atomic E-state index is 13.0. The number of ether oxygens (including phenoxy) is 3. The number of Topliss-reactive ketones (excluding diaryl/α,β-unsaturated/α-hetero) is 1. The second-order valence-corrected chi connectivity index (χ2v) is 7.02. The minimum atomic E-state index is -0.623. The molecule has 0 fully saturated rings. The highest BCUT2D eigenvalue weighted by Gasteiger charge is 2.23. The molecule has 4 rings (SSSR count). The molecular formula is C26H21NO6. The van der Waals surface area contributed by atoms with Crippen LogP contribution in [0, 0.1) is 0 Å². The highest BCUT2D eigenvalue weighted by molar-refractivity contribution is 6.01. The molecule has 166 valence electrons. The molecule has 0 N–H and O–H groups in total. The van der Waals surface area contributed by atoms with Crippen LogP contribution in [0.5, 0.6) is 11.5 Å². The van der Waals surface area contributed by atoms with E-state index in [0.29, 0.717) is 33.9 Å². The molecule has 0 spiro atoms. The van der Waals surface area contributed by atoms with Crippen molar-refractivity contribution in [1.82, 2.24) is 4.98 Å². The number of benzene rings is 3. The number of methoxy groups -OCH3 is 2. The first-order chi connectivity index (χ1) is 16.1. The van der Waals surface area contributed by atoms with E-state index in [2.05, 4.69) is 4.98 Å². The normalized spacial score (nSPS) is 10.5. The third-order valence-electron chi connectivity index (χ3n) is 4.92. The molecule has 0 amide bonds. The molecule has 0 bridgehead atoms. The molecule has 4 aromatic rings. The molecule has 1 heterocycles. The zero-order chi connectivity index (χ0) is 23.2. The summed E-state index contributed by atoms with van der Waals surface area (Å²) in [6.45, 7) is -0.484. The molecule has 0 saturated heterocycles. The minimum absolute atomic E-state index is 0.0227. The third kappa shape index (κ3) is 4.93. The van der Waals surface area contributed by atoms with Gasteiger partial charge in [0.05, 0.1) is 19.8 Å². The van der Waals surface area contributed by atoms with Crippen LogP contribution in [0.25, 0.3) is 22.7 Å². The number of oxazole rings is 1. The Morgan fingerprint density at radius 3 is 2.00 bits per heavy atom. The van der Waals surface area contributed by atoms with Crippen molar-refractivity contribution in [1.29, 1.82) is 0 Å².